The van der Waals surface area contributed by atoms with Crippen molar-refractivity contribution in [2.24, 2.45) is 0 Å². The highest BCUT2D eigenvalue weighted by Crippen LogP contribution is 2.21. The van der Waals surface area contributed by atoms with Crippen molar-refractivity contribution < 1.29 is 17.9 Å². The lowest BCUT2D eigenvalue weighted by Crippen LogP contribution is -2.32. The molecule has 0 atom stereocenters. The number of carbonyl (C=O) groups excluding carboxylic acids is 1. The maximum absolute atomic E-state index is 12.2. The van der Waals surface area contributed by atoms with Crippen LogP contribution in [0.3, 0.4) is 0 Å². The molecular formula is C12H17ClN2O4S. The molecule has 0 heterocycles. The molecule has 2 N–H and O–H groups in total. The first-order valence-electron chi connectivity index (χ1n) is 6.00. The van der Waals surface area contributed by atoms with E-state index in [1.165, 1.54) is 25.3 Å². The molecule has 1 aromatic carbocycles. The third-order valence-electron chi connectivity index (χ3n) is 2.48. The minimum absolute atomic E-state index is 0.0871. The Bertz CT molecular complexity index is 575. The Hall–Kier alpha value is -1.15. The second kappa shape index (κ2) is 7.58. The van der Waals surface area contributed by atoms with Crippen LogP contribution < -0.4 is 10.0 Å². The molecule has 20 heavy (non-hydrogen) atoms. The molecule has 8 heteroatoms. The minimum Gasteiger partial charge on any atom is -0.465 e. The van der Waals surface area contributed by atoms with Crippen molar-refractivity contribution in [3.05, 3.63) is 28.8 Å². The molecule has 0 radical (unpaired) electrons. The number of esters is 1. The van der Waals surface area contributed by atoms with Gasteiger partial charge in [-0.25, -0.2) is 17.9 Å². The number of methoxy groups -OCH3 is 1. The standard InChI is InChI=1S/C12H17ClN2O4S/c1-3-14-6-7-15-20(17,18)11-5-4-9(13)8-10(11)12(16)19-2/h4-5,8,14-15H,3,6-7H2,1-2H3. The maximum Gasteiger partial charge on any atom is 0.339 e. The number of likely N-dealkylation sites (N-methyl/N-ethyl adjacent to an activating group) is 1. The van der Waals surface area contributed by atoms with Crippen LogP contribution in [0.2, 0.25) is 5.02 Å². The summed E-state index contributed by atoms with van der Waals surface area (Å²) in [7, 11) is -2.61. The SMILES string of the molecule is CCNCCNS(=O)(=O)c1ccc(Cl)cc1C(=O)OC. The normalized spacial score (nSPS) is 11.3. The number of sulfonamides is 1. The van der Waals surface area contributed by atoms with Crippen LogP contribution >= 0.6 is 11.6 Å². The zero-order chi connectivity index (χ0) is 15.2. The van der Waals surface area contributed by atoms with Gasteiger partial charge < -0.3 is 10.1 Å². The first-order valence-corrected chi connectivity index (χ1v) is 7.86. The Labute approximate surface area is 123 Å². The lowest BCUT2D eigenvalue weighted by atomic mass is 10.2. The van der Waals surface area contributed by atoms with Crippen LogP contribution in [0.15, 0.2) is 23.1 Å². The van der Waals surface area contributed by atoms with Gasteiger partial charge in [0.05, 0.1) is 17.6 Å². The molecule has 112 valence electrons. The van der Waals surface area contributed by atoms with Gasteiger partial charge >= 0.3 is 5.97 Å². The summed E-state index contributed by atoms with van der Waals surface area (Å²) in [5.74, 6) is -0.750. The lowest BCUT2D eigenvalue weighted by Gasteiger charge is -2.11. The highest BCUT2D eigenvalue weighted by Gasteiger charge is 2.22. The number of ether oxygens (including phenoxy) is 1. The fourth-order valence-electron chi connectivity index (χ4n) is 1.53. The van der Waals surface area contributed by atoms with Crippen LogP contribution in [0, 0.1) is 0 Å². The van der Waals surface area contributed by atoms with E-state index in [-0.39, 0.29) is 22.0 Å². The van der Waals surface area contributed by atoms with Gasteiger partial charge in [0.1, 0.15) is 0 Å². The van der Waals surface area contributed by atoms with Crippen LogP contribution in [-0.2, 0) is 14.8 Å². The van der Waals surface area contributed by atoms with Crippen molar-refractivity contribution in [2.45, 2.75) is 11.8 Å². The van der Waals surface area contributed by atoms with E-state index in [0.717, 1.165) is 6.54 Å². The molecule has 0 unspecified atom stereocenters. The molecule has 6 nitrogen and oxygen atoms in total. The summed E-state index contributed by atoms with van der Waals surface area (Å²) in [5.41, 5.74) is -0.0871. The van der Waals surface area contributed by atoms with Gasteiger partial charge in [0, 0.05) is 18.1 Å². The Morgan fingerprint density at radius 2 is 2.05 bits per heavy atom. The average Bonchev–Trinajstić information content (AvgIpc) is 2.42. The first kappa shape index (κ1) is 16.9. The molecule has 0 aliphatic rings. The summed E-state index contributed by atoms with van der Waals surface area (Å²) in [5, 5.41) is 3.25. The zero-order valence-electron chi connectivity index (χ0n) is 11.3. The summed E-state index contributed by atoms with van der Waals surface area (Å²) in [6, 6.07) is 3.96. The molecule has 0 bridgehead atoms. The molecule has 0 saturated carbocycles. The highest BCUT2D eigenvalue weighted by molar-refractivity contribution is 7.89. The molecule has 1 rings (SSSR count). The number of carbonyl (C=O) groups is 1. The third-order valence-corrected chi connectivity index (χ3v) is 4.23. The summed E-state index contributed by atoms with van der Waals surface area (Å²) in [6.07, 6.45) is 0. The number of halogens is 1. The fraction of sp³-hybridized carbons (Fsp3) is 0.417. The van der Waals surface area contributed by atoms with E-state index < -0.39 is 16.0 Å². The van der Waals surface area contributed by atoms with Gasteiger partial charge in [-0.05, 0) is 24.7 Å². The Morgan fingerprint density at radius 1 is 1.35 bits per heavy atom. The predicted molar refractivity (Wildman–Crippen MR) is 76.5 cm³/mol. The summed E-state index contributed by atoms with van der Waals surface area (Å²) in [4.78, 5) is 11.5. The predicted octanol–water partition coefficient (Wildman–Crippen LogP) is 1.01. The van der Waals surface area contributed by atoms with Crippen LogP contribution in [0.1, 0.15) is 17.3 Å². The minimum atomic E-state index is -3.79. The van der Waals surface area contributed by atoms with Crippen LogP contribution in [0.5, 0.6) is 0 Å². The molecule has 0 saturated heterocycles. The summed E-state index contributed by atoms with van der Waals surface area (Å²) in [6.45, 7) is 3.38. The van der Waals surface area contributed by atoms with Gasteiger partial charge in [0.2, 0.25) is 10.0 Å². The largest absolute Gasteiger partial charge is 0.465 e. The molecule has 0 aromatic heterocycles. The van der Waals surface area contributed by atoms with Crippen LogP contribution in [0.25, 0.3) is 0 Å². The van der Waals surface area contributed by atoms with Gasteiger partial charge in [-0.1, -0.05) is 18.5 Å². The third kappa shape index (κ3) is 4.45. The van der Waals surface area contributed by atoms with Gasteiger partial charge in [0.15, 0.2) is 0 Å². The Kier molecular flexibility index (Phi) is 6.41. The fourth-order valence-corrected chi connectivity index (χ4v) is 2.91. The van der Waals surface area contributed by atoms with Crippen molar-refractivity contribution in [3.63, 3.8) is 0 Å². The summed E-state index contributed by atoms with van der Waals surface area (Å²) >= 11 is 5.78. The number of rotatable bonds is 7. The van der Waals surface area contributed by atoms with E-state index in [1.54, 1.807) is 0 Å². The second-order valence-corrected chi connectivity index (χ2v) is 6.06. The molecule has 0 aliphatic heterocycles. The number of benzene rings is 1. The molecule has 0 aliphatic carbocycles. The average molecular weight is 321 g/mol. The number of nitrogens with one attached hydrogen (secondary N) is 2. The molecule has 0 amide bonds. The topological polar surface area (TPSA) is 84.5 Å². The quantitative estimate of drug-likeness (QED) is 0.578. The van der Waals surface area contributed by atoms with Crippen LogP contribution in [0.4, 0.5) is 0 Å². The van der Waals surface area contributed by atoms with Gasteiger partial charge in [-0.3, -0.25) is 0 Å². The first-order chi connectivity index (χ1) is 9.42. The Morgan fingerprint density at radius 3 is 2.65 bits per heavy atom. The van der Waals surface area contributed by atoms with E-state index in [2.05, 4.69) is 14.8 Å². The monoisotopic (exact) mass is 320 g/mol. The number of hydrogen-bond donors (Lipinski definition) is 2. The van der Waals surface area contributed by atoms with Gasteiger partial charge in [-0.2, -0.15) is 0 Å². The van der Waals surface area contributed by atoms with E-state index in [9.17, 15) is 13.2 Å². The second-order valence-electron chi connectivity index (χ2n) is 3.88. The van der Waals surface area contributed by atoms with Gasteiger partial charge in [-0.15, -0.1) is 0 Å². The number of hydrogen-bond acceptors (Lipinski definition) is 5. The lowest BCUT2D eigenvalue weighted by molar-refractivity contribution is 0.0596. The van der Waals surface area contributed by atoms with Crippen molar-refractivity contribution in [2.75, 3.05) is 26.7 Å². The van der Waals surface area contributed by atoms with E-state index in [1.807, 2.05) is 6.92 Å². The molecule has 1 aromatic rings. The van der Waals surface area contributed by atoms with E-state index in [0.29, 0.717) is 6.54 Å². The maximum atomic E-state index is 12.2. The summed E-state index contributed by atoms with van der Waals surface area (Å²) < 4.78 is 31.3. The van der Waals surface area contributed by atoms with Gasteiger partial charge in [0.25, 0.3) is 0 Å². The zero-order valence-corrected chi connectivity index (χ0v) is 12.8. The molecule has 0 fully saturated rings. The van der Waals surface area contributed by atoms with Crippen molar-refractivity contribution in [3.8, 4) is 0 Å². The highest BCUT2D eigenvalue weighted by atomic mass is 35.5. The molecule has 0 spiro atoms. The Balaban J connectivity index is 3.02. The van der Waals surface area contributed by atoms with Crippen molar-refractivity contribution in [1.29, 1.82) is 0 Å². The van der Waals surface area contributed by atoms with Crippen LogP contribution in [-0.4, -0.2) is 41.1 Å². The van der Waals surface area contributed by atoms with Crippen molar-refractivity contribution in [1.82, 2.24) is 10.0 Å². The molecular weight excluding hydrogens is 304 g/mol. The van der Waals surface area contributed by atoms with E-state index in [4.69, 9.17) is 11.6 Å². The van der Waals surface area contributed by atoms with Crippen molar-refractivity contribution >= 4 is 27.6 Å². The smallest absolute Gasteiger partial charge is 0.339 e. The van der Waals surface area contributed by atoms with E-state index >= 15 is 0 Å².